The van der Waals surface area contributed by atoms with Gasteiger partial charge in [0.25, 0.3) is 11.1 Å². The summed E-state index contributed by atoms with van der Waals surface area (Å²) < 4.78 is 16.7. The average Bonchev–Trinajstić information content (AvgIpc) is 3.11. The van der Waals surface area contributed by atoms with E-state index >= 15 is 0 Å². The van der Waals surface area contributed by atoms with Gasteiger partial charge in [0.05, 0.1) is 25.2 Å². The molecule has 8 heteroatoms. The van der Waals surface area contributed by atoms with E-state index in [2.05, 4.69) is 15.5 Å². The Morgan fingerprint density at radius 1 is 1.21 bits per heavy atom. The molecule has 0 aliphatic carbocycles. The molecule has 0 aliphatic heterocycles. The summed E-state index contributed by atoms with van der Waals surface area (Å²) in [5.74, 6) is 1.26. The Hall–Kier alpha value is -3.00. The number of hydrazone groups is 1. The topological polar surface area (TPSA) is 86.0 Å². The molecule has 0 spiro atoms. The monoisotopic (exact) mass is 399 g/mol. The van der Waals surface area contributed by atoms with E-state index in [4.69, 9.17) is 13.9 Å². The molecule has 0 aliphatic rings. The number of benzene rings is 2. The number of thioether (sulfide) groups is 1. The number of para-hydroxylation sites is 2. The molecule has 0 atom stereocenters. The third-order valence-corrected chi connectivity index (χ3v) is 4.42. The van der Waals surface area contributed by atoms with Crippen LogP contribution in [-0.2, 0) is 4.79 Å². The van der Waals surface area contributed by atoms with Crippen molar-refractivity contribution >= 4 is 35.0 Å². The fraction of sp³-hybridized carbons (Fsp3) is 0.250. The minimum absolute atomic E-state index is 0.145. The van der Waals surface area contributed by atoms with Crippen molar-refractivity contribution in [2.75, 3.05) is 19.0 Å². The second-order valence-electron chi connectivity index (χ2n) is 5.60. The summed E-state index contributed by atoms with van der Waals surface area (Å²) >= 11 is 1.21. The van der Waals surface area contributed by atoms with Crippen molar-refractivity contribution in [3.05, 3.63) is 48.0 Å². The van der Waals surface area contributed by atoms with Crippen molar-refractivity contribution in [3.63, 3.8) is 0 Å². The second kappa shape index (κ2) is 9.80. The van der Waals surface area contributed by atoms with Gasteiger partial charge in [-0.15, -0.1) is 0 Å². The lowest BCUT2D eigenvalue weighted by atomic mass is 10.2. The zero-order valence-electron chi connectivity index (χ0n) is 15.7. The molecule has 0 radical (unpaired) electrons. The molecule has 7 nitrogen and oxygen atoms in total. The number of rotatable bonds is 9. The highest BCUT2D eigenvalue weighted by atomic mass is 32.2. The van der Waals surface area contributed by atoms with Crippen LogP contribution < -0.4 is 14.9 Å². The van der Waals surface area contributed by atoms with Gasteiger partial charge in [-0.05, 0) is 38.1 Å². The van der Waals surface area contributed by atoms with E-state index in [-0.39, 0.29) is 11.7 Å². The van der Waals surface area contributed by atoms with Gasteiger partial charge in [0.1, 0.15) is 17.0 Å². The van der Waals surface area contributed by atoms with Crippen LogP contribution in [0.4, 0.5) is 0 Å². The molecule has 3 rings (SSSR count). The van der Waals surface area contributed by atoms with Crippen LogP contribution in [0.15, 0.2) is 57.2 Å². The predicted molar refractivity (Wildman–Crippen MR) is 109 cm³/mol. The van der Waals surface area contributed by atoms with Crippen LogP contribution >= 0.6 is 11.8 Å². The van der Waals surface area contributed by atoms with Crippen LogP contribution in [0, 0.1) is 0 Å². The molecule has 146 valence electrons. The highest BCUT2D eigenvalue weighted by molar-refractivity contribution is 7.99. The molecule has 3 aromatic rings. The molecule has 0 saturated carbocycles. The van der Waals surface area contributed by atoms with Crippen molar-refractivity contribution in [1.29, 1.82) is 0 Å². The van der Waals surface area contributed by atoms with Gasteiger partial charge in [0.15, 0.2) is 5.58 Å². The lowest BCUT2D eigenvalue weighted by molar-refractivity contribution is -0.118. The number of nitrogens with one attached hydrogen (secondary N) is 1. The SMILES string of the molecule is CCOc1ccc(/C=N/NC(=O)CSc2nc3ccccc3o2)c(OCC)c1. The molecule has 1 N–H and O–H groups in total. The summed E-state index contributed by atoms with van der Waals surface area (Å²) in [5, 5.41) is 4.45. The summed E-state index contributed by atoms with van der Waals surface area (Å²) in [6.45, 7) is 4.92. The van der Waals surface area contributed by atoms with Crippen LogP contribution in [0.2, 0.25) is 0 Å². The largest absolute Gasteiger partial charge is 0.494 e. The lowest BCUT2D eigenvalue weighted by Gasteiger charge is -2.09. The number of hydrogen-bond acceptors (Lipinski definition) is 7. The van der Waals surface area contributed by atoms with Crippen LogP contribution in [0.1, 0.15) is 19.4 Å². The highest BCUT2D eigenvalue weighted by Crippen LogP contribution is 2.24. The number of fused-ring (bicyclic) bond motifs is 1. The molecule has 1 amide bonds. The van der Waals surface area contributed by atoms with Crippen molar-refractivity contribution in [2.24, 2.45) is 5.10 Å². The van der Waals surface area contributed by atoms with Gasteiger partial charge in [-0.1, -0.05) is 23.9 Å². The van der Waals surface area contributed by atoms with Gasteiger partial charge >= 0.3 is 0 Å². The molecule has 0 fully saturated rings. The number of amides is 1. The quantitative estimate of drug-likeness (QED) is 0.334. The van der Waals surface area contributed by atoms with Gasteiger partial charge < -0.3 is 13.9 Å². The van der Waals surface area contributed by atoms with Crippen molar-refractivity contribution < 1.29 is 18.7 Å². The molecule has 28 heavy (non-hydrogen) atoms. The Labute approximate surface area is 167 Å². The zero-order valence-corrected chi connectivity index (χ0v) is 16.5. The highest BCUT2D eigenvalue weighted by Gasteiger charge is 2.09. The summed E-state index contributed by atoms with van der Waals surface area (Å²) in [4.78, 5) is 16.3. The van der Waals surface area contributed by atoms with E-state index in [1.807, 2.05) is 50.2 Å². The minimum Gasteiger partial charge on any atom is -0.494 e. The summed E-state index contributed by atoms with van der Waals surface area (Å²) in [6, 6.07) is 12.9. The van der Waals surface area contributed by atoms with E-state index in [0.29, 0.717) is 29.8 Å². The van der Waals surface area contributed by atoms with Crippen LogP contribution in [0.3, 0.4) is 0 Å². The Bertz CT molecular complexity index is 938. The standard InChI is InChI=1S/C20H21N3O4S/c1-3-25-15-10-9-14(18(11-15)26-4-2)12-21-23-19(24)13-28-20-22-16-7-5-6-8-17(16)27-20/h5-12H,3-4,13H2,1-2H3,(H,23,24)/b21-12+. The smallest absolute Gasteiger partial charge is 0.257 e. The summed E-state index contributed by atoms with van der Waals surface area (Å²) in [5.41, 5.74) is 4.71. The molecule has 1 heterocycles. The Kier molecular flexibility index (Phi) is 6.91. The number of nitrogens with zero attached hydrogens (tertiary/aromatic N) is 2. The summed E-state index contributed by atoms with van der Waals surface area (Å²) in [7, 11) is 0. The Morgan fingerprint density at radius 2 is 2.04 bits per heavy atom. The molecule has 0 unspecified atom stereocenters. The van der Waals surface area contributed by atoms with Crippen molar-refractivity contribution in [2.45, 2.75) is 19.1 Å². The molecule has 0 saturated heterocycles. The van der Waals surface area contributed by atoms with Gasteiger partial charge in [-0.3, -0.25) is 4.79 Å². The number of ether oxygens (including phenoxy) is 2. The number of aromatic nitrogens is 1. The maximum atomic E-state index is 12.0. The van der Waals surface area contributed by atoms with Gasteiger partial charge in [0, 0.05) is 11.6 Å². The number of hydrogen-bond donors (Lipinski definition) is 1. The average molecular weight is 399 g/mol. The first kappa shape index (κ1) is 19.8. The Balaban J connectivity index is 1.55. The fourth-order valence-corrected chi connectivity index (χ4v) is 3.04. The first-order chi connectivity index (χ1) is 13.7. The molecule has 2 aromatic carbocycles. The second-order valence-corrected chi connectivity index (χ2v) is 6.52. The van der Waals surface area contributed by atoms with E-state index in [0.717, 1.165) is 16.8 Å². The zero-order chi connectivity index (χ0) is 19.8. The number of oxazole rings is 1. The lowest BCUT2D eigenvalue weighted by Crippen LogP contribution is -2.19. The van der Waals surface area contributed by atoms with E-state index in [1.54, 1.807) is 12.3 Å². The first-order valence-electron chi connectivity index (χ1n) is 8.89. The van der Waals surface area contributed by atoms with Crippen LogP contribution in [-0.4, -0.2) is 36.1 Å². The third kappa shape index (κ3) is 5.26. The van der Waals surface area contributed by atoms with Crippen LogP contribution in [0.5, 0.6) is 11.5 Å². The first-order valence-corrected chi connectivity index (χ1v) is 9.88. The molecular formula is C20H21N3O4S. The molecule has 0 bridgehead atoms. The molecule has 1 aromatic heterocycles. The van der Waals surface area contributed by atoms with E-state index in [9.17, 15) is 4.79 Å². The maximum Gasteiger partial charge on any atom is 0.257 e. The van der Waals surface area contributed by atoms with Gasteiger partial charge in [0.2, 0.25) is 0 Å². The van der Waals surface area contributed by atoms with Crippen LogP contribution in [0.25, 0.3) is 11.1 Å². The van der Waals surface area contributed by atoms with Crippen molar-refractivity contribution in [1.82, 2.24) is 10.4 Å². The fourth-order valence-electron chi connectivity index (χ4n) is 2.40. The summed E-state index contributed by atoms with van der Waals surface area (Å²) in [6.07, 6.45) is 1.54. The van der Waals surface area contributed by atoms with E-state index < -0.39 is 0 Å². The van der Waals surface area contributed by atoms with Gasteiger partial charge in [-0.25, -0.2) is 10.4 Å². The van der Waals surface area contributed by atoms with E-state index in [1.165, 1.54) is 11.8 Å². The number of carbonyl (C=O) groups is 1. The number of carbonyl (C=O) groups excluding carboxylic acids is 1. The Morgan fingerprint density at radius 3 is 2.82 bits per heavy atom. The molecular weight excluding hydrogens is 378 g/mol. The minimum atomic E-state index is -0.257. The van der Waals surface area contributed by atoms with Crippen molar-refractivity contribution in [3.8, 4) is 11.5 Å². The predicted octanol–water partition coefficient (Wildman–Crippen LogP) is 3.87. The normalized spacial score (nSPS) is 11.1. The maximum absolute atomic E-state index is 12.0. The third-order valence-electron chi connectivity index (χ3n) is 3.59. The van der Waals surface area contributed by atoms with Gasteiger partial charge in [-0.2, -0.15) is 5.10 Å².